The Bertz CT molecular complexity index is 670. The Morgan fingerprint density at radius 2 is 1.90 bits per heavy atom. The summed E-state index contributed by atoms with van der Waals surface area (Å²) in [4.78, 5) is 0. The molecule has 0 unspecified atom stereocenters. The summed E-state index contributed by atoms with van der Waals surface area (Å²) in [6.45, 7) is 0. The van der Waals surface area contributed by atoms with Crippen molar-refractivity contribution in [2.24, 2.45) is 5.73 Å². The molecule has 2 atom stereocenters. The van der Waals surface area contributed by atoms with Crippen LogP contribution in [0, 0.1) is 11.3 Å². The number of hydrogen-bond acceptors (Lipinski definition) is 3. The van der Waals surface area contributed by atoms with Gasteiger partial charge >= 0.3 is 0 Å². The van der Waals surface area contributed by atoms with Gasteiger partial charge in [0.15, 0.2) is 0 Å². The Hall–Kier alpha value is -2.31. The van der Waals surface area contributed by atoms with Crippen LogP contribution in [0.25, 0.3) is 11.1 Å². The molecule has 0 amide bonds. The second-order valence-corrected chi connectivity index (χ2v) is 5.15. The van der Waals surface area contributed by atoms with Crippen molar-refractivity contribution in [3.8, 4) is 22.9 Å². The number of rotatable bonds is 3. The van der Waals surface area contributed by atoms with Crippen LogP contribution >= 0.6 is 0 Å². The molecule has 0 aromatic heterocycles. The van der Waals surface area contributed by atoms with Crippen LogP contribution in [0.3, 0.4) is 0 Å². The van der Waals surface area contributed by atoms with Crippen molar-refractivity contribution in [2.45, 2.75) is 18.4 Å². The second-order valence-electron chi connectivity index (χ2n) is 5.15. The lowest BCUT2D eigenvalue weighted by molar-refractivity contribution is 0.416. The number of hydrogen-bond donors (Lipinski definition) is 1. The zero-order valence-corrected chi connectivity index (χ0v) is 11.3. The number of methoxy groups -OCH3 is 1. The van der Waals surface area contributed by atoms with E-state index in [-0.39, 0.29) is 0 Å². The largest absolute Gasteiger partial charge is 0.496 e. The number of ether oxygens (including phenoxy) is 1. The van der Waals surface area contributed by atoms with Crippen LogP contribution in [0.2, 0.25) is 0 Å². The molecule has 2 N–H and O–H groups in total. The molecule has 3 heteroatoms. The van der Waals surface area contributed by atoms with E-state index < -0.39 is 0 Å². The first kappa shape index (κ1) is 12.7. The van der Waals surface area contributed by atoms with Gasteiger partial charge in [0.2, 0.25) is 0 Å². The fourth-order valence-electron chi connectivity index (χ4n) is 2.51. The van der Waals surface area contributed by atoms with Gasteiger partial charge in [0.05, 0.1) is 18.7 Å². The van der Waals surface area contributed by atoms with Gasteiger partial charge in [0, 0.05) is 17.5 Å². The van der Waals surface area contributed by atoms with E-state index in [9.17, 15) is 0 Å². The first-order valence-corrected chi connectivity index (χ1v) is 6.67. The maximum Gasteiger partial charge on any atom is 0.126 e. The van der Waals surface area contributed by atoms with Crippen molar-refractivity contribution >= 4 is 0 Å². The van der Waals surface area contributed by atoms with E-state index in [1.54, 1.807) is 13.2 Å². The van der Waals surface area contributed by atoms with Gasteiger partial charge < -0.3 is 10.5 Å². The maximum atomic E-state index is 9.02. The van der Waals surface area contributed by atoms with Crippen LogP contribution in [-0.2, 0) is 0 Å². The highest BCUT2D eigenvalue weighted by Gasteiger charge is 2.34. The molecule has 0 radical (unpaired) electrons. The van der Waals surface area contributed by atoms with Crippen molar-refractivity contribution < 1.29 is 4.74 Å². The standard InChI is InChI=1S/C17H16N2O/c1-20-17-7-2-11(10-18)8-15(17)13-5-3-12(4-6-13)14-9-16(14)19/h2-8,14,16H,9,19H2,1H3/t14-,16+/m1/s1. The maximum absolute atomic E-state index is 9.02. The Balaban J connectivity index is 1.97. The summed E-state index contributed by atoms with van der Waals surface area (Å²) in [7, 11) is 1.64. The predicted octanol–water partition coefficient (Wildman–Crippen LogP) is 3.05. The van der Waals surface area contributed by atoms with Gasteiger partial charge in [-0.15, -0.1) is 0 Å². The molecule has 3 nitrogen and oxygen atoms in total. The van der Waals surface area contributed by atoms with Crippen LogP contribution in [0.15, 0.2) is 42.5 Å². The van der Waals surface area contributed by atoms with E-state index in [4.69, 9.17) is 15.7 Å². The van der Waals surface area contributed by atoms with Gasteiger partial charge in [-0.2, -0.15) is 5.26 Å². The van der Waals surface area contributed by atoms with Crippen molar-refractivity contribution in [3.63, 3.8) is 0 Å². The van der Waals surface area contributed by atoms with Crippen molar-refractivity contribution in [2.75, 3.05) is 7.11 Å². The zero-order valence-electron chi connectivity index (χ0n) is 11.3. The Labute approximate surface area is 118 Å². The molecule has 100 valence electrons. The quantitative estimate of drug-likeness (QED) is 0.926. The monoisotopic (exact) mass is 264 g/mol. The van der Waals surface area contributed by atoms with E-state index in [1.807, 2.05) is 12.1 Å². The van der Waals surface area contributed by atoms with Gasteiger partial charge in [-0.3, -0.25) is 0 Å². The fraction of sp³-hybridized carbons (Fsp3) is 0.235. The Morgan fingerprint density at radius 1 is 1.20 bits per heavy atom. The number of nitrogens with two attached hydrogens (primary N) is 1. The molecule has 2 aromatic carbocycles. The highest BCUT2D eigenvalue weighted by atomic mass is 16.5. The molecule has 0 bridgehead atoms. The van der Waals surface area contributed by atoms with Crippen LogP contribution < -0.4 is 10.5 Å². The first-order valence-electron chi connectivity index (χ1n) is 6.67. The highest BCUT2D eigenvalue weighted by Crippen LogP contribution is 2.40. The minimum atomic E-state index is 0.317. The van der Waals surface area contributed by atoms with Crippen LogP contribution in [0.5, 0.6) is 5.75 Å². The van der Waals surface area contributed by atoms with Crippen LogP contribution in [0.4, 0.5) is 0 Å². The second kappa shape index (κ2) is 4.99. The van der Waals surface area contributed by atoms with E-state index in [0.717, 1.165) is 23.3 Å². The summed E-state index contributed by atoms with van der Waals surface area (Å²) in [5, 5.41) is 9.02. The van der Waals surface area contributed by atoms with Gasteiger partial charge in [-0.05, 0) is 35.7 Å². The summed E-state index contributed by atoms with van der Waals surface area (Å²) in [5.74, 6) is 1.29. The predicted molar refractivity (Wildman–Crippen MR) is 78.5 cm³/mol. The van der Waals surface area contributed by atoms with E-state index >= 15 is 0 Å². The lowest BCUT2D eigenvalue weighted by Crippen LogP contribution is -2.00. The molecular weight excluding hydrogens is 248 g/mol. The minimum absolute atomic E-state index is 0.317. The first-order chi connectivity index (χ1) is 9.72. The number of nitriles is 1. The number of benzene rings is 2. The zero-order chi connectivity index (χ0) is 14.1. The molecule has 2 aromatic rings. The SMILES string of the molecule is COc1ccc(C#N)cc1-c1ccc([C@H]2C[C@@H]2N)cc1. The summed E-state index contributed by atoms with van der Waals surface area (Å²) in [5.41, 5.74) is 9.79. The third-order valence-electron chi connectivity index (χ3n) is 3.82. The lowest BCUT2D eigenvalue weighted by atomic mass is 9.99. The average molecular weight is 264 g/mol. The molecule has 3 rings (SSSR count). The molecule has 1 fully saturated rings. The van der Waals surface area contributed by atoms with Gasteiger partial charge in [-0.25, -0.2) is 0 Å². The molecule has 1 saturated carbocycles. The van der Waals surface area contributed by atoms with E-state index in [1.165, 1.54) is 5.56 Å². The molecule has 1 aliphatic carbocycles. The molecule has 1 aliphatic rings. The van der Waals surface area contributed by atoms with Crippen LogP contribution in [0.1, 0.15) is 23.5 Å². The van der Waals surface area contributed by atoms with Gasteiger partial charge in [-0.1, -0.05) is 24.3 Å². The summed E-state index contributed by atoms with van der Waals surface area (Å²) in [6.07, 6.45) is 1.08. The molecule has 20 heavy (non-hydrogen) atoms. The third kappa shape index (κ3) is 2.26. The normalized spacial score (nSPS) is 20.2. The summed E-state index contributed by atoms with van der Waals surface area (Å²) in [6, 6.07) is 16.3. The van der Waals surface area contributed by atoms with Crippen molar-refractivity contribution in [1.82, 2.24) is 0 Å². The molecular formula is C17H16N2O. The van der Waals surface area contributed by atoms with E-state index in [0.29, 0.717) is 17.5 Å². The van der Waals surface area contributed by atoms with Gasteiger partial charge in [0.1, 0.15) is 5.75 Å². The minimum Gasteiger partial charge on any atom is -0.496 e. The number of nitrogens with zero attached hydrogens (tertiary/aromatic N) is 1. The average Bonchev–Trinajstić information content (AvgIpc) is 3.23. The molecule has 0 saturated heterocycles. The van der Waals surface area contributed by atoms with E-state index in [2.05, 4.69) is 30.3 Å². The highest BCUT2D eigenvalue weighted by molar-refractivity contribution is 5.72. The van der Waals surface area contributed by atoms with Crippen LogP contribution in [-0.4, -0.2) is 13.2 Å². The Kier molecular flexibility index (Phi) is 3.17. The molecule has 0 spiro atoms. The molecule has 0 aliphatic heterocycles. The fourth-order valence-corrected chi connectivity index (χ4v) is 2.51. The molecule has 0 heterocycles. The Morgan fingerprint density at radius 3 is 2.45 bits per heavy atom. The van der Waals surface area contributed by atoms with Crippen molar-refractivity contribution in [3.05, 3.63) is 53.6 Å². The third-order valence-corrected chi connectivity index (χ3v) is 3.82. The van der Waals surface area contributed by atoms with Crippen molar-refractivity contribution in [1.29, 1.82) is 5.26 Å². The summed E-state index contributed by atoms with van der Waals surface area (Å²) >= 11 is 0. The summed E-state index contributed by atoms with van der Waals surface area (Å²) < 4.78 is 5.38. The topological polar surface area (TPSA) is 59.0 Å². The van der Waals surface area contributed by atoms with Gasteiger partial charge in [0.25, 0.3) is 0 Å². The lowest BCUT2D eigenvalue weighted by Gasteiger charge is -2.10. The smallest absolute Gasteiger partial charge is 0.126 e.